The molecule has 1 aliphatic heterocycles. The third-order valence-electron chi connectivity index (χ3n) is 4.39. The Morgan fingerprint density at radius 2 is 1.45 bits per heavy atom. The second-order valence-electron chi connectivity index (χ2n) is 6.29. The quantitative estimate of drug-likeness (QED) is 0.483. The SMILES string of the molecule is COc1ccc(/C(=N\N=C2/OC(c3ccccc3)=CC2=O)c2ccccc2)cc1. The van der Waals surface area contributed by atoms with Crippen LogP contribution in [-0.2, 0) is 9.53 Å². The van der Waals surface area contributed by atoms with Gasteiger partial charge in [0.15, 0.2) is 0 Å². The molecule has 0 N–H and O–H groups in total. The highest BCUT2D eigenvalue weighted by Crippen LogP contribution is 2.22. The van der Waals surface area contributed by atoms with E-state index >= 15 is 0 Å². The lowest BCUT2D eigenvalue weighted by atomic mass is 10.0. The van der Waals surface area contributed by atoms with Gasteiger partial charge in [0.05, 0.1) is 7.11 Å². The van der Waals surface area contributed by atoms with Crippen LogP contribution in [0.5, 0.6) is 5.75 Å². The van der Waals surface area contributed by atoms with Crippen molar-refractivity contribution >= 4 is 23.2 Å². The maximum Gasteiger partial charge on any atom is 0.287 e. The lowest BCUT2D eigenvalue weighted by Gasteiger charge is -2.07. The van der Waals surface area contributed by atoms with E-state index in [1.54, 1.807) is 7.11 Å². The summed E-state index contributed by atoms with van der Waals surface area (Å²) in [7, 11) is 1.62. The van der Waals surface area contributed by atoms with Gasteiger partial charge >= 0.3 is 0 Å². The highest BCUT2D eigenvalue weighted by atomic mass is 16.5. The summed E-state index contributed by atoms with van der Waals surface area (Å²) in [4.78, 5) is 12.3. The Hall–Kier alpha value is -3.99. The summed E-state index contributed by atoms with van der Waals surface area (Å²) < 4.78 is 10.9. The molecular formula is C24H18N2O3. The minimum absolute atomic E-state index is 0.0502. The number of benzene rings is 3. The number of carbonyl (C=O) groups is 1. The average molecular weight is 382 g/mol. The topological polar surface area (TPSA) is 60.3 Å². The molecule has 1 aliphatic rings. The molecule has 0 unspecified atom stereocenters. The lowest BCUT2D eigenvalue weighted by molar-refractivity contribution is -0.109. The van der Waals surface area contributed by atoms with Crippen LogP contribution in [0.15, 0.2) is 101 Å². The molecule has 29 heavy (non-hydrogen) atoms. The molecule has 142 valence electrons. The summed E-state index contributed by atoms with van der Waals surface area (Å²) in [5, 5.41) is 8.49. The molecule has 0 fully saturated rings. The van der Waals surface area contributed by atoms with Gasteiger partial charge in [0.1, 0.15) is 17.2 Å². The number of rotatable bonds is 5. The van der Waals surface area contributed by atoms with Crippen LogP contribution in [0.3, 0.4) is 0 Å². The summed E-state index contributed by atoms with van der Waals surface area (Å²) in [6.45, 7) is 0. The summed E-state index contributed by atoms with van der Waals surface area (Å²) >= 11 is 0. The molecule has 0 atom stereocenters. The maximum atomic E-state index is 12.3. The second-order valence-corrected chi connectivity index (χ2v) is 6.29. The Morgan fingerprint density at radius 1 is 0.828 bits per heavy atom. The number of hydrogen-bond donors (Lipinski definition) is 0. The molecule has 5 nitrogen and oxygen atoms in total. The first-order chi connectivity index (χ1) is 14.2. The molecule has 0 spiro atoms. The summed E-state index contributed by atoms with van der Waals surface area (Å²) in [5.41, 5.74) is 3.17. The molecule has 1 heterocycles. The number of ketones is 1. The largest absolute Gasteiger partial charge is 0.497 e. The van der Waals surface area contributed by atoms with Crippen molar-refractivity contribution in [1.29, 1.82) is 0 Å². The molecule has 0 amide bonds. The Balaban J connectivity index is 1.67. The van der Waals surface area contributed by atoms with E-state index in [1.807, 2.05) is 84.9 Å². The molecule has 0 aromatic heterocycles. The number of methoxy groups -OCH3 is 1. The van der Waals surface area contributed by atoms with Gasteiger partial charge < -0.3 is 9.47 Å². The normalized spacial score (nSPS) is 15.2. The fourth-order valence-electron chi connectivity index (χ4n) is 2.90. The van der Waals surface area contributed by atoms with Gasteiger partial charge in [-0.05, 0) is 24.3 Å². The Labute approximate surface area is 168 Å². The van der Waals surface area contributed by atoms with Crippen LogP contribution >= 0.6 is 0 Å². The molecule has 5 heteroatoms. The number of carbonyl (C=O) groups excluding carboxylic acids is 1. The summed E-state index contributed by atoms with van der Waals surface area (Å²) in [6.07, 6.45) is 1.43. The lowest BCUT2D eigenvalue weighted by Crippen LogP contribution is -2.08. The van der Waals surface area contributed by atoms with Crippen LogP contribution < -0.4 is 4.74 Å². The van der Waals surface area contributed by atoms with Crippen molar-refractivity contribution in [1.82, 2.24) is 0 Å². The first kappa shape index (κ1) is 18.4. The van der Waals surface area contributed by atoms with Crippen molar-refractivity contribution in [2.24, 2.45) is 10.2 Å². The van der Waals surface area contributed by atoms with Gasteiger partial charge in [-0.25, -0.2) is 0 Å². The van der Waals surface area contributed by atoms with Crippen molar-refractivity contribution in [2.45, 2.75) is 0 Å². The zero-order valence-electron chi connectivity index (χ0n) is 15.8. The van der Waals surface area contributed by atoms with Gasteiger partial charge in [-0.2, -0.15) is 0 Å². The first-order valence-corrected chi connectivity index (χ1v) is 9.09. The standard InChI is InChI=1S/C24H18N2O3/c1-28-20-14-12-19(13-15-20)23(18-10-6-3-7-11-18)25-26-24-21(27)16-22(29-24)17-8-4-2-5-9-17/h2-16H,1H3/b25-23-,26-24-. The van der Waals surface area contributed by atoms with Crippen molar-refractivity contribution < 1.29 is 14.3 Å². The minimum Gasteiger partial charge on any atom is -0.497 e. The Morgan fingerprint density at radius 3 is 2.10 bits per heavy atom. The van der Waals surface area contributed by atoms with E-state index in [-0.39, 0.29) is 11.7 Å². The Bertz CT molecular complexity index is 1100. The highest BCUT2D eigenvalue weighted by Gasteiger charge is 2.23. The molecule has 3 aromatic carbocycles. The van der Waals surface area contributed by atoms with Gasteiger partial charge in [-0.15, -0.1) is 10.2 Å². The monoisotopic (exact) mass is 382 g/mol. The molecule has 0 saturated heterocycles. The van der Waals surface area contributed by atoms with Crippen LogP contribution in [-0.4, -0.2) is 24.5 Å². The zero-order chi connectivity index (χ0) is 20.1. The predicted octanol–water partition coefficient (Wildman–Crippen LogP) is 4.49. The molecule has 4 rings (SSSR count). The van der Waals surface area contributed by atoms with Crippen LogP contribution in [0, 0.1) is 0 Å². The van der Waals surface area contributed by atoms with E-state index in [9.17, 15) is 4.79 Å². The van der Waals surface area contributed by atoms with Crippen LogP contribution in [0.4, 0.5) is 0 Å². The average Bonchev–Trinajstić information content (AvgIpc) is 3.16. The van der Waals surface area contributed by atoms with E-state index in [4.69, 9.17) is 9.47 Å². The van der Waals surface area contributed by atoms with Gasteiger partial charge in [0.2, 0.25) is 5.78 Å². The number of ether oxygens (including phenoxy) is 2. The molecule has 0 saturated carbocycles. The number of hydrogen-bond acceptors (Lipinski definition) is 5. The summed E-state index contributed by atoms with van der Waals surface area (Å²) in [6, 6.07) is 26.6. The fraction of sp³-hybridized carbons (Fsp3) is 0.0417. The molecular weight excluding hydrogens is 364 g/mol. The smallest absolute Gasteiger partial charge is 0.287 e. The van der Waals surface area contributed by atoms with Gasteiger partial charge in [0.25, 0.3) is 5.90 Å². The van der Waals surface area contributed by atoms with Crippen molar-refractivity contribution in [3.05, 3.63) is 108 Å². The van der Waals surface area contributed by atoms with E-state index < -0.39 is 0 Å². The van der Waals surface area contributed by atoms with Crippen molar-refractivity contribution in [3.63, 3.8) is 0 Å². The first-order valence-electron chi connectivity index (χ1n) is 9.09. The third kappa shape index (κ3) is 4.14. The minimum atomic E-state index is -0.310. The van der Waals surface area contributed by atoms with Gasteiger partial charge in [0, 0.05) is 22.8 Å². The summed E-state index contributed by atoms with van der Waals surface area (Å²) in [5.74, 6) is 0.856. The van der Waals surface area contributed by atoms with Gasteiger partial charge in [-0.1, -0.05) is 60.7 Å². The molecule has 0 bridgehead atoms. The zero-order valence-corrected chi connectivity index (χ0v) is 15.8. The third-order valence-corrected chi connectivity index (χ3v) is 4.39. The molecule has 3 aromatic rings. The van der Waals surface area contributed by atoms with E-state index in [0.29, 0.717) is 11.5 Å². The van der Waals surface area contributed by atoms with Gasteiger partial charge in [-0.3, -0.25) is 4.79 Å². The van der Waals surface area contributed by atoms with Crippen molar-refractivity contribution in [2.75, 3.05) is 7.11 Å². The Kier molecular flexibility index (Phi) is 5.29. The highest BCUT2D eigenvalue weighted by molar-refractivity contribution is 6.45. The fourth-order valence-corrected chi connectivity index (χ4v) is 2.90. The van der Waals surface area contributed by atoms with E-state index in [0.717, 1.165) is 22.4 Å². The molecule has 0 aliphatic carbocycles. The number of nitrogens with zero attached hydrogens (tertiary/aromatic N) is 2. The molecule has 0 radical (unpaired) electrons. The van der Waals surface area contributed by atoms with Crippen LogP contribution in [0.2, 0.25) is 0 Å². The maximum absolute atomic E-state index is 12.3. The van der Waals surface area contributed by atoms with E-state index in [1.165, 1.54) is 6.08 Å². The predicted molar refractivity (Wildman–Crippen MR) is 113 cm³/mol. The van der Waals surface area contributed by atoms with Crippen LogP contribution in [0.1, 0.15) is 16.7 Å². The van der Waals surface area contributed by atoms with E-state index in [2.05, 4.69) is 10.2 Å². The second kappa shape index (κ2) is 8.35. The van der Waals surface area contributed by atoms with Crippen LogP contribution in [0.25, 0.3) is 5.76 Å². The van der Waals surface area contributed by atoms with Crippen molar-refractivity contribution in [3.8, 4) is 5.75 Å².